The Morgan fingerprint density at radius 2 is 2.25 bits per heavy atom. The average molecular weight is 234 g/mol. The Hall–Kier alpha value is -1.01. The maximum atomic E-state index is 9.09. The number of nitrogen functional groups attached to an aromatic ring is 1. The smallest absolute Gasteiger partial charge is 0.104 e. The van der Waals surface area contributed by atoms with Gasteiger partial charge in [0.25, 0.3) is 0 Å². The highest BCUT2D eigenvalue weighted by atomic mass is 32.1. The highest BCUT2D eigenvalue weighted by molar-refractivity contribution is 7.16. The molecule has 0 spiro atoms. The van der Waals surface area contributed by atoms with Crippen molar-refractivity contribution in [1.29, 1.82) is 5.26 Å². The van der Waals surface area contributed by atoms with Crippen molar-refractivity contribution in [2.24, 2.45) is 5.41 Å². The van der Waals surface area contributed by atoms with Crippen LogP contribution >= 0.6 is 11.3 Å². The molecule has 16 heavy (non-hydrogen) atoms. The lowest BCUT2D eigenvalue weighted by atomic mass is 9.76. The number of hydrogen-bond donors (Lipinski definition) is 1. The topological polar surface area (TPSA) is 49.8 Å². The zero-order valence-corrected chi connectivity index (χ0v) is 10.9. The van der Waals surface area contributed by atoms with E-state index in [1.165, 1.54) is 16.9 Å². The Kier molecular flexibility index (Phi) is 2.71. The SMILES string of the molecule is CCC(C)(C)C1CCc2c1sc(N)c2C#N. The summed E-state index contributed by atoms with van der Waals surface area (Å²) in [7, 11) is 0. The lowest BCUT2D eigenvalue weighted by Crippen LogP contribution is -2.18. The zero-order chi connectivity index (χ0) is 11.9. The van der Waals surface area contributed by atoms with E-state index in [1.807, 2.05) is 0 Å². The van der Waals surface area contributed by atoms with Gasteiger partial charge in [0, 0.05) is 4.88 Å². The van der Waals surface area contributed by atoms with Gasteiger partial charge in [0.05, 0.1) is 5.56 Å². The molecule has 0 saturated heterocycles. The summed E-state index contributed by atoms with van der Waals surface area (Å²) in [6.07, 6.45) is 3.37. The summed E-state index contributed by atoms with van der Waals surface area (Å²) in [5, 5.41) is 9.81. The summed E-state index contributed by atoms with van der Waals surface area (Å²) in [6, 6.07) is 2.25. The van der Waals surface area contributed by atoms with Crippen molar-refractivity contribution in [3.05, 3.63) is 16.0 Å². The number of rotatable bonds is 2. The summed E-state index contributed by atoms with van der Waals surface area (Å²) in [4.78, 5) is 1.38. The minimum atomic E-state index is 0.315. The molecule has 1 aliphatic rings. The van der Waals surface area contributed by atoms with Crippen LogP contribution < -0.4 is 5.73 Å². The molecule has 1 atom stereocenters. The molecule has 0 fully saturated rings. The molecule has 3 heteroatoms. The molecule has 1 heterocycles. The number of anilines is 1. The third kappa shape index (κ3) is 1.53. The molecular weight excluding hydrogens is 216 g/mol. The number of nitrogens with two attached hydrogens (primary N) is 1. The molecule has 2 rings (SSSR count). The van der Waals surface area contributed by atoms with Gasteiger partial charge in [0.2, 0.25) is 0 Å². The molecule has 2 nitrogen and oxygen atoms in total. The lowest BCUT2D eigenvalue weighted by molar-refractivity contribution is 0.275. The maximum absolute atomic E-state index is 9.09. The van der Waals surface area contributed by atoms with E-state index in [1.54, 1.807) is 11.3 Å². The van der Waals surface area contributed by atoms with Crippen LogP contribution in [0.25, 0.3) is 0 Å². The number of nitrogens with zero attached hydrogens (tertiary/aromatic N) is 1. The van der Waals surface area contributed by atoms with Gasteiger partial charge in [-0.3, -0.25) is 0 Å². The van der Waals surface area contributed by atoms with Crippen molar-refractivity contribution in [3.8, 4) is 6.07 Å². The van der Waals surface area contributed by atoms with Crippen molar-refractivity contribution in [3.63, 3.8) is 0 Å². The van der Waals surface area contributed by atoms with Crippen molar-refractivity contribution in [2.75, 3.05) is 5.73 Å². The molecule has 1 aromatic heterocycles. The standard InChI is InChI=1S/C13H18N2S/c1-4-13(2,3)10-6-5-8-9(7-14)12(15)16-11(8)10/h10H,4-6,15H2,1-3H3. The minimum Gasteiger partial charge on any atom is -0.389 e. The van der Waals surface area contributed by atoms with Gasteiger partial charge in [-0.2, -0.15) is 5.26 Å². The lowest BCUT2D eigenvalue weighted by Gasteiger charge is -2.30. The monoisotopic (exact) mass is 234 g/mol. The van der Waals surface area contributed by atoms with E-state index >= 15 is 0 Å². The number of hydrogen-bond acceptors (Lipinski definition) is 3. The van der Waals surface area contributed by atoms with E-state index in [0.29, 0.717) is 16.3 Å². The Bertz CT molecular complexity index is 451. The molecular formula is C13H18N2S. The van der Waals surface area contributed by atoms with E-state index < -0.39 is 0 Å². The fourth-order valence-electron chi connectivity index (χ4n) is 2.57. The second-order valence-corrected chi connectivity index (χ2v) is 6.31. The molecule has 0 amide bonds. The fraction of sp³-hybridized carbons (Fsp3) is 0.615. The molecule has 1 unspecified atom stereocenters. The van der Waals surface area contributed by atoms with E-state index in [4.69, 9.17) is 11.0 Å². The second kappa shape index (κ2) is 3.78. The van der Waals surface area contributed by atoms with Gasteiger partial charge in [-0.15, -0.1) is 11.3 Å². The van der Waals surface area contributed by atoms with Crippen LogP contribution in [0, 0.1) is 16.7 Å². The molecule has 1 aromatic rings. The van der Waals surface area contributed by atoms with Gasteiger partial charge in [0.15, 0.2) is 0 Å². The molecule has 0 saturated carbocycles. The zero-order valence-electron chi connectivity index (χ0n) is 10.1. The normalized spacial score (nSPS) is 19.5. The first-order valence-corrected chi connectivity index (χ1v) is 6.64. The minimum absolute atomic E-state index is 0.315. The third-order valence-corrected chi connectivity index (χ3v) is 5.21. The van der Waals surface area contributed by atoms with Crippen molar-refractivity contribution in [1.82, 2.24) is 0 Å². The first-order valence-electron chi connectivity index (χ1n) is 5.82. The predicted molar refractivity (Wildman–Crippen MR) is 68.6 cm³/mol. The summed E-state index contributed by atoms with van der Waals surface area (Å²) >= 11 is 1.63. The Morgan fingerprint density at radius 1 is 1.56 bits per heavy atom. The van der Waals surface area contributed by atoms with Gasteiger partial charge >= 0.3 is 0 Å². The van der Waals surface area contributed by atoms with E-state index in [9.17, 15) is 0 Å². The fourth-order valence-corrected chi connectivity index (χ4v) is 3.98. The molecule has 2 N–H and O–H groups in total. The van der Waals surface area contributed by atoms with E-state index in [-0.39, 0.29) is 0 Å². The van der Waals surface area contributed by atoms with E-state index in [2.05, 4.69) is 26.8 Å². The van der Waals surface area contributed by atoms with Gasteiger partial charge in [-0.1, -0.05) is 27.2 Å². The van der Waals surface area contributed by atoms with Crippen LogP contribution in [-0.4, -0.2) is 0 Å². The Balaban J connectivity index is 2.46. The second-order valence-electron chi connectivity index (χ2n) is 5.23. The van der Waals surface area contributed by atoms with Crippen molar-refractivity contribution >= 4 is 16.3 Å². The number of fused-ring (bicyclic) bond motifs is 1. The Morgan fingerprint density at radius 3 is 2.81 bits per heavy atom. The van der Waals surface area contributed by atoms with Crippen molar-refractivity contribution < 1.29 is 0 Å². The molecule has 0 bridgehead atoms. The molecule has 0 aromatic carbocycles. The molecule has 86 valence electrons. The summed E-state index contributed by atoms with van der Waals surface area (Å²) in [5.74, 6) is 0.585. The Labute approximate surface area is 101 Å². The average Bonchev–Trinajstić information content (AvgIpc) is 2.75. The molecule has 0 radical (unpaired) electrons. The summed E-state index contributed by atoms with van der Waals surface area (Å²) in [5.41, 5.74) is 8.20. The first-order chi connectivity index (χ1) is 7.51. The first kappa shape index (κ1) is 11.5. The van der Waals surface area contributed by atoms with Crippen LogP contribution in [0.2, 0.25) is 0 Å². The van der Waals surface area contributed by atoms with Crippen LogP contribution in [-0.2, 0) is 6.42 Å². The van der Waals surface area contributed by atoms with Crippen LogP contribution in [0.3, 0.4) is 0 Å². The van der Waals surface area contributed by atoms with Gasteiger partial charge in [-0.05, 0) is 29.7 Å². The number of thiophene rings is 1. The van der Waals surface area contributed by atoms with Crippen LogP contribution in [0.4, 0.5) is 5.00 Å². The quantitative estimate of drug-likeness (QED) is 0.848. The number of nitriles is 1. The van der Waals surface area contributed by atoms with Crippen LogP contribution in [0.1, 0.15) is 55.5 Å². The van der Waals surface area contributed by atoms with Gasteiger partial charge in [-0.25, -0.2) is 0 Å². The van der Waals surface area contributed by atoms with Gasteiger partial charge < -0.3 is 5.73 Å². The van der Waals surface area contributed by atoms with Crippen LogP contribution in [0.5, 0.6) is 0 Å². The summed E-state index contributed by atoms with van der Waals surface area (Å²) in [6.45, 7) is 6.86. The maximum Gasteiger partial charge on any atom is 0.104 e. The predicted octanol–water partition coefficient (Wildman–Crippen LogP) is 3.67. The van der Waals surface area contributed by atoms with Crippen molar-refractivity contribution in [2.45, 2.75) is 46.0 Å². The molecule has 1 aliphatic carbocycles. The van der Waals surface area contributed by atoms with E-state index in [0.717, 1.165) is 18.4 Å². The van der Waals surface area contributed by atoms with Gasteiger partial charge in [0.1, 0.15) is 11.1 Å². The summed E-state index contributed by atoms with van der Waals surface area (Å²) < 4.78 is 0. The largest absolute Gasteiger partial charge is 0.389 e. The highest BCUT2D eigenvalue weighted by Gasteiger charge is 2.37. The third-order valence-electron chi connectivity index (χ3n) is 4.03. The highest BCUT2D eigenvalue weighted by Crippen LogP contribution is 2.51. The van der Waals surface area contributed by atoms with Crippen LogP contribution in [0.15, 0.2) is 0 Å². The molecule has 0 aliphatic heterocycles.